The van der Waals surface area contributed by atoms with Crippen LogP contribution in [0.2, 0.25) is 0 Å². The molecule has 3 rings (SSSR count). The van der Waals surface area contributed by atoms with Crippen molar-refractivity contribution in [3.63, 3.8) is 0 Å². The summed E-state index contributed by atoms with van der Waals surface area (Å²) in [6.07, 6.45) is 2.12. The first-order chi connectivity index (χ1) is 9.22. The summed E-state index contributed by atoms with van der Waals surface area (Å²) in [5.41, 5.74) is 0. The Morgan fingerprint density at radius 3 is 3.16 bits per heavy atom. The number of ether oxygens (including phenoxy) is 1. The van der Waals surface area contributed by atoms with Gasteiger partial charge >= 0.3 is 0 Å². The van der Waals surface area contributed by atoms with Crippen LogP contribution in [0.3, 0.4) is 0 Å². The standard InChI is InChI=1S/C13H19N3O2S/c1-10(17)16-3-4-18-12-8-15(6-11(12)7-16)9-13-14-2-5-19-13/h2,5,11-12H,3-4,6-9H2,1H3/t11-,12-/m1/s1. The van der Waals surface area contributed by atoms with Gasteiger partial charge < -0.3 is 9.64 Å². The molecular formula is C13H19N3O2S. The highest BCUT2D eigenvalue weighted by molar-refractivity contribution is 7.09. The van der Waals surface area contributed by atoms with Gasteiger partial charge in [0.15, 0.2) is 0 Å². The topological polar surface area (TPSA) is 45.7 Å². The van der Waals surface area contributed by atoms with Crippen LogP contribution in [0.5, 0.6) is 0 Å². The van der Waals surface area contributed by atoms with Gasteiger partial charge in [0.25, 0.3) is 0 Å². The monoisotopic (exact) mass is 281 g/mol. The van der Waals surface area contributed by atoms with Gasteiger partial charge in [0.1, 0.15) is 5.01 Å². The molecule has 1 amide bonds. The Hall–Kier alpha value is -0.980. The first-order valence-electron chi connectivity index (χ1n) is 6.70. The van der Waals surface area contributed by atoms with E-state index in [4.69, 9.17) is 4.74 Å². The first-order valence-corrected chi connectivity index (χ1v) is 7.58. The third kappa shape index (κ3) is 2.96. The number of aromatic nitrogens is 1. The van der Waals surface area contributed by atoms with Crippen molar-refractivity contribution in [3.05, 3.63) is 16.6 Å². The molecule has 0 unspecified atom stereocenters. The molecule has 3 heterocycles. The number of rotatable bonds is 2. The fraction of sp³-hybridized carbons (Fsp3) is 0.692. The van der Waals surface area contributed by atoms with E-state index in [0.29, 0.717) is 12.5 Å². The summed E-state index contributed by atoms with van der Waals surface area (Å²) >= 11 is 1.69. The average molecular weight is 281 g/mol. The van der Waals surface area contributed by atoms with Crippen LogP contribution >= 0.6 is 11.3 Å². The number of thiazole rings is 1. The Labute approximate surface area is 117 Å². The van der Waals surface area contributed by atoms with Crippen molar-refractivity contribution in [2.75, 3.05) is 32.8 Å². The van der Waals surface area contributed by atoms with E-state index < -0.39 is 0 Å². The van der Waals surface area contributed by atoms with E-state index in [1.807, 2.05) is 16.5 Å². The highest BCUT2D eigenvalue weighted by Gasteiger charge is 2.37. The molecule has 0 N–H and O–H groups in total. The van der Waals surface area contributed by atoms with Gasteiger partial charge in [-0.1, -0.05) is 0 Å². The normalized spacial score (nSPS) is 28.2. The van der Waals surface area contributed by atoms with Crippen LogP contribution in [-0.4, -0.2) is 59.6 Å². The molecule has 2 atom stereocenters. The van der Waals surface area contributed by atoms with Crippen LogP contribution in [-0.2, 0) is 16.1 Å². The van der Waals surface area contributed by atoms with Gasteiger partial charge in [0.05, 0.1) is 19.3 Å². The molecule has 104 valence electrons. The van der Waals surface area contributed by atoms with Gasteiger partial charge in [-0.05, 0) is 0 Å². The lowest BCUT2D eigenvalue weighted by Gasteiger charge is -2.22. The summed E-state index contributed by atoms with van der Waals surface area (Å²) in [4.78, 5) is 20.2. The molecule has 0 radical (unpaired) electrons. The summed E-state index contributed by atoms with van der Waals surface area (Å²) in [7, 11) is 0. The predicted octanol–water partition coefficient (Wildman–Crippen LogP) is 0.822. The zero-order valence-electron chi connectivity index (χ0n) is 11.1. The van der Waals surface area contributed by atoms with Gasteiger partial charge in [-0.15, -0.1) is 11.3 Å². The number of hydrogen-bond acceptors (Lipinski definition) is 5. The minimum Gasteiger partial charge on any atom is -0.375 e. The van der Waals surface area contributed by atoms with Gasteiger partial charge in [-0.25, -0.2) is 4.98 Å². The Bertz CT molecular complexity index is 437. The fourth-order valence-electron chi connectivity index (χ4n) is 2.92. The van der Waals surface area contributed by atoms with Crippen LogP contribution in [0.25, 0.3) is 0 Å². The number of carbonyl (C=O) groups excluding carboxylic acids is 1. The second-order valence-electron chi connectivity index (χ2n) is 5.25. The highest BCUT2D eigenvalue weighted by Crippen LogP contribution is 2.25. The van der Waals surface area contributed by atoms with E-state index in [9.17, 15) is 4.79 Å². The van der Waals surface area contributed by atoms with Gasteiger partial charge in [0.2, 0.25) is 5.91 Å². The Morgan fingerprint density at radius 2 is 2.42 bits per heavy atom. The molecule has 2 saturated heterocycles. The third-order valence-corrected chi connectivity index (χ3v) is 4.66. The van der Waals surface area contributed by atoms with Gasteiger partial charge in [0, 0.05) is 50.6 Å². The summed E-state index contributed by atoms with van der Waals surface area (Å²) in [5, 5.41) is 3.16. The largest absolute Gasteiger partial charge is 0.375 e. The van der Waals surface area contributed by atoms with Crippen LogP contribution in [0, 0.1) is 5.92 Å². The lowest BCUT2D eigenvalue weighted by atomic mass is 10.1. The minimum absolute atomic E-state index is 0.155. The fourth-order valence-corrected chi connectivity index (χ4v) is 3.58. The molecule has 1 aromatic rings. The van der Waals surface area contributed by atoms with E-state index in [1.165, 1.54) is 0 Å². The second-order valence-corrected chi connectivity index (χ2v) is 6.23. The maximum Gasteiger partial charge on any atom is 0.219 e. The van der Waals surface area contributed by atoms with Crippen molar-refractivity contribution in [1.29, 1.82) is 0 Å². The number of carbonyl (C=O) groups is 1. The quantitative estimate of drug-likeness (QED) is 0.805. The van der Waals surface area contributed by atoms with E-state index in [1.54, 1.807) is 18.3 Å². The third-order valence-electron chi connectivity index (χ3n) is 3.89. The van der Waals surface area contributed by atoms with Gasteiger partial charge in [-0.3, -0.25) is 9.69 Å². The lowest BCUT2D eigenvalue weighted by molar-refractivity contribution is -0.129. The van der Waals surface area contributed by atoms with Crippen molar-refractivity contribution in [2.45, 2.75) is 19.6 Å². The van der Waals surface area contributed by atoms with Crippen LogP contribution in [0.15, 0.2) is 11.6 Å². The Balaban J connectivity index is 1.61. The van der Waals surface area contributed by atoms with Crippen LogP contribution in [0.4, 0.5) is 0 Å². The number of likely N-dealkylation sites (tertiary alicyclic amines) is 1. The Kier molecular flexibility index (Phi) is 3.81. The zero-order valence-corrected chi connectivity index (χ0v) is 11.9. The van der Waals surface area contributed by atoms with E-state index in [2.05, 4.69) is 9.88 Å². The summed E-state index contributed by atoms with van der Waals surface area (Å²) in [5.74, 6) is 0.592. The summed E-state index contributed by atoms with van der Waals surface area (Å²) in [6.45, 7) is 6.70. The van der Waals surface area contributed by atoms with E-state index >= 15 is 0 Å². The maximum absolute atomic E-state index is 11.5. The SMILES string of the molecule is CC(=O)N1CCO[C@@H]2CN(Cc3nccs3)C[C@@H]2C1. The number of amides is 1. The summed E-state index contributed by atoms with van der Waals surface area (Å²) < 4.78 is 5.90. The molecule has 2 aliphatic heterocycles. The molecule has 5 nitrogen and oxygen atoms in total. The molecule has 0 aromatic carbocycles. The smallest absolute Gasteiger partial charge is 0.219 e. The molecule has 6 heteroatoms. The molecule has 0 spiro atoms. The minimum atomic E-state index is 0.155. The predicted molar refractivity (Wildman–Crippen MR) is 72.9 cm³/mol. The molecule has 0 aliphatic carbocycles. The van der Waals surface area contributed by atoms with Crippen LogP contribution in [0.1, 0.15) is 11.9 Å². The lowest BCUT2D eigenvalue weighted by Crippen LogP contribution is -2.35. The molecule has 0 bridgehead atoms. The van der Waals surface area contributed by atoms with E-state index in [0.717, 1.165) is 37.7 Å². The van der Waals surface area contributed by atoms with Crippen molar-refractivity contribution in [2.24, 2.45) is 5.92 Å². The van der Waals surface area contributed by atoms with Crippen molar-refractivity contribution >= 4 is 17.2 Å². The average Bonchev–Trinajstić information content (AvgIpc) is 2.95. The molecule has 2 aliphatic rings. The maximum atomic E-state index is 11.5. The number of fused-ring (bicyclic) bond motifs is 1. The first kappa shape index (κ1) is 13.0. The number of nitrogens with zero attached hydrogens (tertiary/aromatic N) is 3. The number of hydrogen-bond donors (Lipinski definition) is 0. The van der Waals surface area contributed by atoms with Gasteiger partial charge in [-0.2, -0.15) is 0 Å². The molecule has 0 saturated carbocycles. The van der Waals surface area contributed by atoms with E-state index in [-0.39, 0.29) is 12.0 Å². The molecule has 19 heavy (non-hydrogen) atoms. The van der Waals surface area contributed by atoms with Crippen molar-refractivity contribution < 1.29 is 9.53 Å². The Morgan fingerprint density at radius 1 is 1.53 bits per heavy atom. The molecular weight excluding hydrogens is 262 g/mol. The van der Waals surface area contributed by atoms with Crippen LogP contribution < -0.4 is 0 Å². The van der Waals surface area contributed by atoms with Crippen molar-refractivity contribution in [3.8, 4) is 0 Å². The second kappa shape index (κ2) is 5.56. The van der Waals surface area contributed by atoms with Crippen molar-refractivity contribution in [1.82, 2.24) is 14.8 Å². The highest BCUT2D eigenvalue weighted by atomic mass is 32.1. The zero-order chi connectivity index (χ0) is 13.2. The molecule has 2 fully saturated rings. The molecule has 1 aromatic heterocycles. The summed E-state index contributed by atoms with van der Waals surface area (Å²) in [6, 6.07) is 0.